The maximum atomic E-state index is 14.4. The van der Waals surface area contributed by atoms with Crippen LogP contribution in [0, 0.1) is 11.6 Å². The van der Waals surface area contributed by atoms with Crippen LogP contribution in [0.15, 0.2) is 243 Å². The smallest absolute Gasteiger partial charge is 0.198 e. The Labute approximate surface area is 377 Å². The molecule has 0 saturated heterocycles. The standard InChI is InChI=1S/C61H40F2O2/c62-52-30-17-31-53(63)60(52)61(64)48-36-38-50(39-37-48)65-51-29-16-28-49(40-51)41-32-34-47(35-33-41)59-57(45-24-12-4-13-25-45)55(43-20-8-2-9-21-43)54(42-18-6-1-7-19-42)56(44-22-10-3-11-23-44)58(59)46-26-14-5-15-27-46/h1-40H. The minimum atomic E-state index is -0.900. The van der Waals surface area contributed by atoms with E-state index < -0.39 is 23.0 Å². The second-order valence-electron chi connectivity index (χ2n) is 15.7. The first-order valence-corrected chi connectivity index (χ1v) is 21.5. The van der Waals surface area contributed by atoms with Crippen LogP contribution in [0.25, 0.3) is 77.9 Å². The maximum absolute atomic E-state index is 14.4. The third-order valence-electron chi connectivity index (χ3n) is 11.7. The topological polar surface area (TPSA) is 26.3 Å². The minimum absolute atomic E-state index is 0.155. The molecular weight excluding hydrogens is 803 g/mol. The summed E-state index contributed by atoms with van der Waals surface area (Å²) in [7, 11) is 0. The van der Waals surface area contributed by atoms with E-state index >= 15 is 0 Å². The summed E-state index contributed by atoms with van der Waals surface area (Å²) in [6, 6.07) is 79.9. The Morgan fingerprint density at radius 1 is 0.292 bits per heavy atom. The zero-order valence-corrected chi connectivity index (χ0v) is 35.2. The van der Waals surface area contributed by atoms with Gasteiger partial charge in [-0.05, 0) is 126 Å². The Balaban J connectivity index is 1.12. The van der Waals surface area contributed by atoms with Gasteiger partial charge in [-0.2, -0.15) is 0 Å². The lowest BCUT2D eigenvalue weighted by Gasteiger charge is -2.29. The molecule has 0 amide bonds. The molecule has 0 radical (unpaired) electrons. The van der Waals surface area contributed by atoms with E-state index in [1.54, 1.807) is 12.1 Å². The minimum Gasteiger partial charge on any atom is -0.457 e. The van der Waals surface area contributed by atoms with Gasteiger partial charge in [0.15, 0.2) is 5.78 Å². The normalized spacial score (nSPS) is 11.0. The van der Waals surface area contributed by atoms with Crippen LogP contribution in [0.1, 0.15) is 15.9 Å². The number of hydrogen-bond acceptors (Lipinski definition) is 2. The summed E-state index contributed by atoms with van der Waals surface area (Å²) in [6.07, 6.45) is 0. The molecule has 2 nitrogen and oxygen atoms in total. The van der Waals surface area contributed by atoms with Gasteiger partial charge in [0, 0.05) is 5.56 Å². The second kappa shape index (κ2) is 18.1. The highest BCUT2D eigenvalue weighted by Gasteiger charge is 2.29. The molecule has 0 unspecified atom stereocenters. The van der Waals surface area contributed by atoms with Crippen LogP contribution in [-0.2, 0) is 0 Å². The molecule has 10 aromatic carbocycles. The first kappa shape index (κ1) is 40.6. The van der Waals surface area contributed by atoms with Crippen molar-refractivity contribution >= 4 is 5.78 Å². The number of carbonyl (C=O) groups excluding carboxylic acids is 1. The molecule has 65 heavy (non-hydrogen) atoms. The Bertz CT molecular complexity index is 3140. The lowest BCUT2D eigenvalue weighted by atomic mass is 9.74. The van der Waals surface area contributed by atoms with E-state index in [9.17, 15) is 13.6 Å². The van der Waals surface area contributed by atoms with Crippen LogP contribution < -0.4 is 4.74 Å². The van der Waals surface area contributed by atoms with Gasteiger partial charge in [0.1, 0.15) is 23.1 Å². The Morgan fingerprint density at radius 2 is 0.615 bits per heavy atom. The molecule has 0 atom stereocenters. The summed E-state index contributed by atoms with van der Waals surface area (Å²) in [5, 5.41) is 0. The predicted molar refractivity (Wildman–Crippen MR) is 261 cm³/mol. The van der Waals surface area contributed by atoms with Gasteiger partial charge in [-0.15, -0.1) is 0 Å². The monoisotopic (exact) mass is 842 g/mol. The third kappa shape index (κ3) is 8.17. The Hall–Kier alpha value is -8.47. The van der Waals surface area contributed by atoms with Gasteiger partial charge in [0.2, 0.25) is 0 Å². The van der Waals surface area contributed by atoms with Crippen molar-refractivity contribution < 1.29 is 18.3 Å². The molecule has 4 heteroatoms. The van der Waals surface area contributed by atoms with Gasteiger partial charge in [0.25, 0.3) is 0 Å². The molecular formula is C61H40F2O2. The number of halogens is 2. The molecule has 0 spiro atoms. The summed E-state index contributed by atoms with van der Waals surface area (Å²) in [6.45, 7) is 0. The van der Waals surface area contributed by atoms with Gasteiger partial charge >= 0.3 is 0 Å². The van der Waals surface area contributed by atoms with E-state index in [1.807, 2.05) is 24.3 Å². The van der Waals surface area contributed by atoms with E-state index in [1.165, 1.54) is 18.2 Å². The molecule has 0 bridgehead atoms. The summed E-state index contributed by atoms with van der Waals surface area (Å²) < 4.78 is 35.0. The highest BCUT2D eigenvalue weighted by molar-refractivity contribution is 6.15. The lowest BCUT2D eigenvalue weighted by molar-refractivity contribution is 0.103. The van der Waals surface area contributed by atoms with Crippen LogP contribution in [0.5, 0.6) is 11.5 Å². The van der Waals surface area contributed by atoms with Crippen molar-refractivity contribution in [1.82, 2.24) is 0 Å². The first-order chi connectivity index (χ1) is 32.0. The summed E-state index contributed by atoms with van der Waals surface area (Å²) >= 11 is 0. The zero-order valence-electron chi connectivity index (χ0n) is 35.2. The molecule has 310 valence electrons. The first-order valence-electron chi connectivity index (χ1n) is 21.5. The van der Waals surface area contributed by atoms with Crippen LogP contribution in [-0.4, -0.2) is 5.78 Å². The fourth-order valence-electron chi connectivity index (χ4n) is 8.74. The second-order valence-corrected chi connectivity index (χ2v) is 15.7. The quantitative estimate of drug-likeness (QED) is 0.121. The van der Waals surface area contributed by atoms with E-state index in [2.05, 4.69) is 176 Å². The Kier molecular flexibility index (Phi) is 11.3. The van der Waals surface area contributed by atoms with Crippen molar-refractivity contribution in [3.05, 3.63) is 265 Å². The SMILES string of the molecule is O=C(c1ccc(Oc2cccc(-c3ccc(-c4c(-c5ccccc5)c(-c5ccccc5)c(-c5ccccc5)c(-c5ccccc5)c4-c4ccccc4)cc3)c2)cc1)c1c(F)cccc1F. The zero-order chi connectivity index (χ0) is 44.1. The molecule has 10 rings (SSSR count). The van der Waals surface area contributed by atoms with E-state index in [0.717, 1.165) is 90.0 Å². The molecule has 0 aliphatic rings. The van der Waals surface area contributed by atoms with Gasteiger partial charge in [0.05, 0.1) is 5.56 Å². The van der Waals surface area contributed by atoms with E-state index in [0.29, 0.717) is 11.5 Å². The molecule has 0 heterocycles. The average Bonchev–Trinajstić information content (AvgIpc) is 3.37. The molecule has 0 fully saturated rings. The van der Waals surface area contributed by atoms with Gasteiger partial charge < -0.3 is 4.74 Å². The van der Waals surface area contributed by atoms with Crippen LogP contribution in [0.3, 0.4) is 0 Å². The molecule has 0 aliphatic carbocycles. The van der Waals surface area contributed by atoms with Crippen molar-refractivity contribution in [2.24, 2.45) is 0 Å². The highest BCUT2D eigenvalue weighted by atomic mass is 19.1. The van der Waals surface area contributed by atoms with Crippen LogP contribution in [0.4, 0.5) is 8.78 Å². The van der Waals surface area contributed by atoms with E-state index in [4.69, 9.17) is 4.74 Å². The molecule has 0 saturated carbocycles. The van der Waals surface area contributed by atoms with E-state index in [-0.39, 0.29) is 5.56 Å². The van der Waals surface area contributed by atoms with Gasteiger partial charge in [-0.3, -0.25) is 4.79 Å². The highest BCUT2D eigenvalue weighted by Crippen LogP contribution is 2.56. The molecule has 0 aliphatic heterocycles. The molecule has 10 aromatic rings. The number of ketones is 1. The fourth-order valence-corrected chi connectivity index (χ4v) is 8.74. The summed E-state index contributed by atoms with van der Waals surface area (Å²) in [5.41, 5.74) is 15.1. The predicted octanol–water partition coefficient (Wildman–Crippen LogP) is 16.7. The average molecular weight is 843 g/mol. The number of carbonyl (C=O) groups is 1. The van der Waals surface area contributed by atoms with Crippen molar-refractivity contribution in [2.45, 2.75) is 0 Å². The van der Waals surface area contributed by atoms with Crippen molar-refractivity contribution in [1.29, 1.82) is 0 Å². The molecule has 0 N–H and O–H groups in total. The van der Waals surface area contributed by atoms with Crippen LogP contribution in [0.2, 0.25) is 0 Å². The maximum Gasteiger partial charge on any atom is 0.198 e. The third-order valence-corrected chi connectivity index (χ3v) is 11.7. The van der Waals surface area contributed by atoms with Crippen LogP contribution >= 0.6 is 0 Å². The lowest BCUT2D eigenvalue weighted by Crippen LogP contribution is -2.07. The number of ether oxygens (including phenoxy) is 1. The summed E-state index contributed by atoms with van der Waals surface area (Å²) in [4.78, 5) is 13.0. The summed E-state index contributed by atoms with van der Waals surface area (Å²) in [5.74, 6) is -1.46. The van der Waals surface area contributed by atoms with Gasteiger partial charge in [-0.25, -0.2) is 8.78 Å². The van der Waals surface area contributed by atoms with Crippen molar-refractivity contribution in [2.75, 3.05) is 0 Å². The van der Waals surface area contributed by atoms with Crippen molar-refractivity contribution in [3.8, 4) is 89.4 Å². The Morgan fingerprint density at radius 3 is 1.00 bits per heavy atom. The number of rotatable bonds is 11. The fraction of sp³-hybridized carbons (Fsp3) is 0. The molecule has 0 aromatic heterocycles. The number of benzene rings is 10. The van der Waals surface area contributed by atoms with Gasteiger partial charge in [-0.1, -0.05) is 194 Å². The van der Waals surface area contributed by atoms with Crippen molar-refractivity contribution in [3.63, 3.8) is 0 Å². The number of hydrogen-bond donors (Lipinski definition) is 0. The largest absolute Gasteiger partial charge is 0.457 e.